The van der Waals surface area contributed by atoms with Gasteiger partial charge in [-0.05, 0) is 25.0 Å². The molecule has 104 valence electrons. The van der Waals surface area contributed by atoms with E-state index in [1.807, 2.05) is 0 Å². The number of phenolic OH excluding ortho intramolecular Hbond substituents is 2. The smallest absolute Gasteiger partial charge is 0.259 e. The average Bonchev–Trinajstić information content (AvgIpc) is 2.39. The van der Waals surface area contributed by atoms with Crippen molar-refractivity contribution in [1.82, 2.24) is 5.32 Å². The largest absolute Gasteiger partial charge is 0.507 e. The topological polar surface area (TPSA) is 69.6 Å². The van der Waals surface area contributed by atoms with E-state index in [1.54, 1.807) is 0 Å². The molecule has 0 heterocycles. The molecule has 1 aliphatic carbocycles. The van der Waals surface area contributed by atoms with Crippen LogP contribution in [0.4, 0.5) is 0 Å². The summed E-state index contributed by atoms with van der Waals surface area (Å²) in [5.41, 5.74) is -0.511. The van der Waals surface area contributed by atoms with Gasteiger partial charge in [-0.1, -0.05) is 25.3 Å². The van der Waals surface area contributed by atoms with Crippen molar-refractivity contribution in [3.8, 4) is 11.5 Å². The van der Waals surface area contributed by atoms with Gasteiger partial charge in [0.2, 0.25) is 0 Å². The summed E-state index contributed by atoms with van der Waals surface area (Å²) in [5.74, 6) is -0.582. The maximum absolute atomic E-state index is 12.2. The normalized spacial score (nSPS) is 17.9. The molecular weight excluding hydrogens is 266 g/mol. The lowest BCUT2D eigenvalue weighted by Crippen LogP contribution is -2.51. The standard InChI is InChI=1S/C14H18ClNO3/c15-9-14(7-2-1-3-8-14)16-13(19)12-10(17)5-4-6-11(12)18/h4-6,17-18H,1-3,7-9H2,(H,16,19). The average molecular weight is 284 g/mol. The van der Waals surface area contributed by atoms with Crippen molar-refractivity contribution in [3.05, 3.63) is 23.8 Å². The number of nitrogens with one attached hydrogen (secondary N) is 1. The van der Waals surface area contributed by atoms with E-state index in [0.717, 1.165) is 32.1 Å². The van der Waals surface area contributed by atoms with Crippen molar-refractivity contribution in [2.75, 3.05) is 5.88 Å². The van der Waals surface area contributed by atoms with Crippen molar-refractivity contribution in [1.29, 1.82) is 0 Å². The zero-order valence-electron chi connectivity index (χ0n) is 10.7. The molecule has 0 aliphatic heterocycles. The van der Waals surface area contributed by atoms with Crippen molar-refractivity contribution in [3.63, 3.8) is 0 Å². The number of carbonyl (C=O) groups is 1. The van der Waals surface area contributed by atoms with E-state index in [0.29, 0.717) is 5.88 Å². The number of halogens is 1. The summed E-state index contributed by atoms with van der Waals surface area (Å²) in [4.78, 5) is 12.2. The Balaban J connectivity index is 2.20. The van der Waals surface area contributed by atoms with Crippen LogP contribution in [-0.2, 0) is 0 Å². The van der Waals surface area contributed by atoms with E-state index >= 15 is 0 Å². The van der Waals surface area contributed by atoms with E-state index in [4.69, 9.17) is 11.6 Å². The number of rotatable bonds is 3. The molecule has 5 heteroatoms. The molecule has 0 spiro atoms. The van der Waals surface area contributed by atoms with Crippen molar-refractivity contribution in [2.45, 2.75) is 37.6 Å². The molecule has 2 rings (SSSR count). The van der Waals surface area contributed by atoms with Crippen molar-refractivity contribution in [2.24, 2.45) is 0 Å². The summed E-state index contributed by atoms with van der Waals surface area (Å²) in [6.07, 6.45) is 4.86. The van der Waals surface area contributed by atoms with Gasteiger partial charge in [0.15, 0.2) is 0 Å². The first-order valence-electron chi connectivity index (χ1n) is 6.47. The third-order valence-corrected chi connectivity index (χ3v) is 4.20. The minimum Gasteiger partial charge on any atom is -0.507 e. The van der Waals surface area contributed by atoms with Crippen LogP contribution >= 0.6 is 11.6 Å². The Morgan fingerprint density at radius 3 is 2.32 bits per heavy atom. The van der Waals surface area contributed by atoms with E-state index < -0.39 is 11.4 Å². The molecule has 0 radical (unpaired) electrons. The van der Waals surface area contributed by atoms with Crippen LogP contribution < -0.4 is 5.32 Å². The summed E-state index contributed by atoms with van der Waals surface area (Å²) < 4.78 is 0. The highest BCUT2D eigenvalue weighted by atomic mass is 35.5. The highest BCUT2D eigenvalue weighted by molar-refractivity contribution is 6.19. The maximum Gasteiger partial charge on any atom is 0.259 e. The second kappa shape index (κ2) is 5.70. The molecule has 4 nitrogen and oxygen atoms in total. The quantitative estimate of drug-likeness (QED) is 0.747. The fourth-order valence-corrected chi connectivity index (χ4v) is 2.92. The predicted octanol–water partition coefficient (Wildman–Crippen LogP) is 2.77. The van der Waals surface area contributed by atoms with Crippen LogP contribution in [0.3, 0.4) is 0 Å². The number of phenols is 2. The molecule has 3 N–H and O–H groups in total. The van der Waals surface area contributed by atoms with Gasteiger partial charge in [0.25, 0.3) is 5.91 Å². The van der Waals surface area contributed by atoms with Crippen molar-refractivity contribution < 1.29 is 15.0 Å². The Bertz CT molecular complexity index is 450. The minimum atomic E-state index is -0.474. The van der Waals surface area contributed by atoms with Gasteiger partial charge in [0.1, 0.15) is 17.1 Å². The van der Waals surface area contributed by atoms with Gasteiger partial charge in [-0.2, -0.15) is 0 Å². The molecule has 0 saturated heterocycles. The second-order valence-electron chi connectivity index (χ2n) is 5.10. The Kier molecular flexibility index (Phi) is 4.20. The molecule has 1 aromatic rings. The molecule has 0 aromatic heterocycles. The molecule has 0 bridgehead atoms. The third kappa shape index (κ3) is 2.95. The molecular formula is C14H18ClNO3. The van der Waals surface area contributed by atoms with E-state index in [-0.39, 0.29) is 17.1 Å². The summed E-state index contributed by atoms with van der Waals surface area (Å²) in [7, 11) is 0. The fraction of sp³-hybridized carbons (Fsp3) is 0.500. The molecule has 1 amide bonds. The maximum atomic E-state index is 12.2. The Hall–Kier alpha value is -1.42. The molecule has 0 atom stereocenters. The van der Waals surface area contributed by atoms with Crippen LogP contribution in [0.25, 0.3) is 0 Å². The SMILES string of the molecule is O=C(NC1(CCl)CCCCC1)c1c(O)cccc1O. The highest BCUT2D eigenvalue weighted by Crippen LogP contribution is 2.32. The molecule has 1 saturated carbocycles. The first-order chi connectivity index (χ1) is 9.08. The lowest BCUT2D eigenvalue weighted by molar-refractivity contribution is 0.0879. The second-order valence-corrected chi connectivity index (χ2v) is 5.37. The first kappa shape index (κ1) is 14.0. The van der Waals surface area contributed by atoms with Gasteiger partial charge in [-0.25, -0.2) is 0 Å². The van der Waals surface area contributed by atoms with Gasteiger partial charge < -0.3 is 15.5 Å². The summed E-state index contributed by atoms with van der Waals surface area (Å²) >= 11 is 6.01. The number of carbonyl (C=O) groups excluding carboxylic acids is 1. The van der Waals surface area contributed by atoms with E-state index in [2.05, 4.69) is 5.32 Å². The third-order valence-electron chi connectivity index (χ3n) is 3.69. The van der Waals surface area contributed by atoms with E-state index in [9.17, 15) is 15.0 Å². The van der Waals surface area contributed by atoms with Gasteiger partial charge in [-0.3, -0.25) is 4.79 Å². The van der Waals surface area contributed by atoms with Gasteiger partial charge in [-0.15, -0.1) is 11.6 Å². The Labute approximate surface area is 117 Å². The van der Waals surface area contributed by atoms with Gasteiger partial charge in [0.05, 0.1) is 5.54 Å². The molecule has 1 aromatic carbocycles. The predicted molar refractivity (Wildman–Crippen MR) is 73.8 cm³/mol. The van der Waals surface area contributed by atoms with Crippen LogP contribution in [0.2, 0.25) is 0 Å². The van der Waals surface area contributed by atoms with Crippen LogP contribution in [0.5, 0.6) is 11.5 Å². The first-order valence-corrected chi connectivity index (χ1v) is 7.01. The number of alkyl halides is 1. The number of hydrogen-bond donors (Lipinski definition) is 3. The van der Waals surface area contributed by atoms with Gasteiger partial charge >= 0.3 is 0 Å². The number of amides is 1. The van der Waals surface area contributed by atoms with Crippen LogP contribution in [0.15, 0.2) is 18.2 Å². The summed E-state index contributed by atoms with van der Waals surface area (Å²) in [6, 6.07) is 4.24. The van der Waals surface area contributed by atoms with Crippen LogP contribution in [0, 0.1) is 0 Å². The number of benzene rings is 1. The highest BCUT2D eigenvalue weighted by Gasteiger charge is 2.34. The monoisotopic (exact) mass is 283 g/mol. The summed E-state index contributed by atoms with van der Waals surface area (Å²) in [5, 5.41) is 22.3. The molecule has 1 fully saturated rings. The Morgan fingerprint density at radius 1 is 1.21 bits per heavy atom. The number of hydrogen-bond acceptors (Lipinski definition) is 3. The summed E-state index contributed by atoms with van der Waals surface area (Å²) in [6.45, 7) is 0. The van der Waals surface area contributed by atoms with Crippen LogP contribution in [0.1, 0.15) is 42.5 Å². The molecule has 0 unspecified atom stereocenters. The zero-order valence-corrected chi connectivity index (χ0v) is 11.4. The van der Waals surface area contributed by atoms with Crippen molar-refractivity contribution >= 4 is 17.5 Å². The van der Waals surface area contributed by atoms with Gasteiger partial charge in [0, 0.05) is 5.88 Å². The molecule has 1 aliphatic rings. The molecule has 19 heavy (non-hydrogen) atoms. The fourth-order valence-electron chi connectivity index (χ4n) is 2.58. The van der Waals surface area contributed by atoms with E-state index in [1.165, 1.54) is 18.2 Å². The zero-order chi connectivity index (χ0) is 13.9. The van der Waals surface area contributed by atoms with Crippen LogP contribution in [-0.4, -0.2) is 27.5 Å². The number of aromatic hydroxyl groups is 2. The Morgan fingerprint density at radius 2 is 1.79 bits per heavy atom. The lowest BCUT2D eigenvalue weighted by atomic mass is 9.83. The minimum absolute atomic E-state index is 0.0856. The lowest BCUT2D eigenvalue weighted by Gasteiger charge is -2.36.